The first-order valence-corrected chi connectivity index (χ1v) is 7.15. The van der Waals surface area contributed by atoms with Gasteiger partial charge in [-0.15, -0.1) is 0 Å². The smallest absolute Gasteiger partial charge is 0.119 e. The number of ether oxygens (including phenoxy) is 1. The van der Waals surface area contributed by atoms with Crippen LogP contribution >= 0.6 is 0 Å². The van der Waals surface area contributed by atoms with Gasteiger partial charge in [0.1, 0.15) is 5.75 Å². The number of hydrogen-bond donors (Lipinski definition) is 1. The normalized spacial score (nSPS) is 10.4. The molecule has 0 saturated carbocycles. The third kappa shape index (κ3) is 5.41. The molecule has 0 atom stereocenters. The molecular weight excluding hydrogens is 248 g/mol. The van der Waals surface area contributed by atoms with Crippen LogP contribution in [0.1, 0.15) is 24.1 Å². The minimum Gasteiger partial charge on any atom is -0.494 e. The van der Waals surface area contributed by atoms with Crippen LogP contribution in [0.25, 0.3) is 0 Å². The number of hydrogen-bond acceptors (Lipinski definition) is 3. The lowest BCUT2D eigenvalue weighted by atomic mass is 10.2. The van der Waals surface area contributed by atoms with E-state index in [4.69, 9.17) is 4.74 Å². The second kappa shape index (κ2) is 8.33. The molecule has 0 aliphatic carbocycles. The highest BCUT2D eigenvalue weighted by Crippen LogP contribution is 2.12. The second-order valence-electron chi connectivity index (χ2n) is 4.87. The van der Waals surface area contributed by atoms with Crippen LogP contribution in [-0.2, 0) is 6.54 Å². The first-order chi connectivity index (χ1) is 9.84. The van der Waals surface area contributed by atoms with E-state index >= 15 is 0 Å². The number of nitrogens with one attached hydrogen (secondary N) is 1. The zero-order valence-electron chi connectivity index (χ0n) is 12.0. The molecule has 0 aliphatic rings. The van der Waals surface area contributed by atoms with Crippen molar-refractivity contribution in [3.05, 3.63) is 59.9 Å². The van der Waals surface area contributed by atoms with Crippen LogP contribution in [0.4, 0.5) is 0 Å². The van der Waals surface area contributed by atoms with Crippen LogP contribution in [0.2, 0.25) is 0 Å². The summed E-state index contributed by atoms with van der Waals surface area (Å²) in [5, 5.41) is 3.39. The van der Waals surface area contributed by atoms with Crippen LogP contribution in [0.15, 0.2) is 48.7 Å². The van der Waals surface area contributed by atoms with Crippen molar-refractivity contribution in [2.75, 3.05) is 13.2 Å². The van der Waals surface area contributed by atoms with Crippen molar-refractivity contribution in [3.63, 3.8) is 0 Å². The fourth-order valence-corrected chi connectivity index (χ4v) is 1.97. The third-order valence-electron chi connectivity index (χ3n) is 3.04. The Hall–Kier alpha value is -1.87. The summed E-state index contributed by atoms with van der Waals surface area (Å²) in [5.74, 6) is 0.964. The number of unbranched alkanes of at least 4 members (excludes halogenated alkanes) is 1. The van der Waals surface area contributed by atoms with Gasteiger partial charge in [0.05, 0.1) is 12.3 Å². The summed E-state index contributed by atoms with van der Waals surface area (Å²) in [4.78, 5) is 4.27. The van der Waals surface area contributed by atoms with Crippen LogP contribution < -0.4 is 10.1 Å². The molecule has 2 aromatic rings. The molecule has 1 N–H and O–H groups in total. The van der Waals surface area contributed by atoms with Crippen LogP contribution in [-0.4, -0.2) is 18.1 Å². The van der Waals surface area contributed by atoms with Gasteiger partial charge in [0.25, 0.3) is 0 Å². The predicted molar refractivity (Wildman–Crippen MR) is 81.9 cm³/mol. The fourth-order valence-electron chi connectivity index (χ4n) is 1.97. The minimum atomic E-state index is 0.773. The van der Waals surface area contributed by atoms with Gasteiger partial charge in [-0.1, -0.05) is 18.2 Å². The van der Waals surface area contributed by atoms with Gasteiger partial charge in [-0.2, -0.15) is 0 Å². The van der Waals surface area contributed by atoms with Gasteiger partial charge in [-0.3, -0.25) is 4.98 Å². The Kier molecular flexibility index (Phi) is 6.06. The summed E-state index contributed by atoms with van der Waals surface area (Å²) in [6.07, 6.45) is 3.99. The highest BCUT2D eigenvalue weighted by molar-refractivity contribution is 5.27. The molecule has 0 spiro atoms. The summed E-state index contributed by atoms with van der Waals surface area (Å²) in [6.45, 7) is 4.68. The minimum absolute atomic E-state index is 0.773. The molecule has 0 radical (unpaired) electrons. The van der Waals surface area contributed by atoms with E-state index in [-0.39, 0.29) is 0 Å². The van der Waals surface area contributed by atoms with E-state index in [1.807, 2.05) is 36.5 Å². The molecule has 1 aromatic heterocycles. The Labute approximate surface area is 121 Å². The zero-order chi connectivity index (χ0) is 14.0. The van der Waals surface area contributed by atoms with Gasteiger partial charge >= 0.3 is 0 Å². The van der Waals surface area contributed by atoms with Crippen LogP contribution in [0, 0.1) is 6.92 Å². The zero-order valence-corrected chi connectivity index (χ0v) is 12.0. The monoisotopic (exact) mass is 270 g/mol. The number of aromatic nitrogens is 1. The molecular formula is C17H22N2O. The Morgan fingerprint density at radius 1 is 1.10 bits per heavy atom. The van der Waals surface area contributed by atoms with Crippen molar-refractivity contribution in [2.24, 2.45) is 0 Å². The van der Waals surface area contributed by atoms with Crippen LogP contribution in [0.5, 0.6) is 5.75 Å². The Balaban J connectivity index is 1.52. The molecule has 0 amide bonds. The van der Waals surface area contributed by atoms with Crippen molar-refractivity contribution >= 4 is 0 Å². The largest absolute Gasteiger partial charge is 0.494 e. The number of pyridine rings is 1. The van der Waals surface area contributed by atoms with Gasteiger partial charge in [0, 0.05) is 12.7 Å². The van der Waals surface area contributed by atoms with Gasteiger partial charge in [0.2, 0.25) is 0 Å². The molecule has 0 fully saturated rings. The standard InChI is InChI=1S/C17H22N2O/c1-15-7-6-9-17(13-15)20-12-5-4-10-18-14-16-8-2-3-11-19-16/h2-3,6-9,11,13,18H,4-5,10,12,14H2,1H3. The molecule has 0 bridgehead atoms. The number of nitrogens with zero attached hydrogens (tertiary/aromatic N) is 1. The van der Waals surface area contributed by atoms with Gasteiger partial charge in [-0.05, 0) is 56.1 Å². The molecule has 0 saturated heterocycles. The molecule has 1 heterocycles. The van der Waals surface area contributed by atoms with Crippen LogP contribution in [0.3, 0.4) is 0 Å². The Bertz CT molecular complexity index is 499. The molecule has 0 aliphatic heterocycles. The van der Waals surface area contributed by atoms with E-state index in [0.717, 1.165) is 44.0 Å². The molecule has 1 aromatic carbocycles. The highest BCUT2D eigenvalue weighted by atomic mass is 16.5. The molecule has 3 nitrogen and oxygen atoms in total. The van der Waals surface area contributed by atoms with E-state index in [1.54, 1.807) is 0 Å². The van der Waals surface area contributed by atoms with Crippen molar-refractivity contribution in [1.82, 2.24) is 10.3 Å². The molecule has 3 heteroatoms. The first kappa shape index (κ1) is 14.5. The topological polar surface area (TPSA) is 34.1 Å². The molecule has 0 unspecified atom stereocenters. The summed E-state index contributed by atoms with van der Waals surface area (Å²) in [7, 11) is 0. The first-order valence-electron chi connectivity index (χ1n) is 7.15. The lowest BCUT2D eigenvalue weighted by Gasteiger charge is -2.07. The Morgan fingerprint density at radius 2 is 2.05 bits per heavy atom. The lowest BCUT2D eigenvalue weighted by Crippen LogP contribution is -2.16. The van der Waals surface area contributed by atoms with E-state index in [9.17, 15) is 0 Å². The highest BCUT2D eigenvalue weighted by Gasteiger charge is 1.95. The van der Waals surface area contributed by atoms with E-state index < -0.39 is 0 Å². The molecule has 106 valence electrons. The van der Waals surface area contributed by atoms with Crippen molar-refractivity contribution in [3.8, 4) is 5.75 Å². The van der Waals surface area contributed by atoms with Crippen molar-refractivity contribution in [2.45, 2.75) is 26.3 Å². The molecule has 2 rings (SSSR count). The van der Waals surface area contributed by atoms with Gasteiger partial charge in [-0.25, -0.2) is 0 Å². The Morgan fingerprint density at radius 3 is 2.85 bits per heavy atom. The van der Waals surface area contributed by atoms with E-state index in [1.165, 1.54) is 5.56 Å². The average molecular weight is 270 g/mol. The molecule has 20 heavy (non-hydrogen) atoms. The maximum Gasteiger partial charge on any atom is 0.119 e. The summed E-state index contributed by atoms with van der Waals surface area (Å²) < 4.78 is 5.71. The van der Waals surface area contributed by atoms with Gasteiger partial charge in [0.15, 0.2) is 0 Å². The SMILES string of the molecule is Cc1cccc(OCCCCNCc2ccccn2)c1. The quantitative estimate of drug-likeness (QED) is 0.747. The average Bonchev–Trinajstić information content (AvgIpc) is 2.47. The van der Waals surface area contributed by atoms with E-state index in [0.29, 0.717) is 0 Å². The number of benzene rings is 1. The van der Waals surface area contributed by atoms with E-state index in [2.05, 4.69) is 29.4 Å². The third-order valence-corrected chi connectivity index (χ3v) is 3.04. The maximum absolute atomic E-state index is 5.71. The lowest BCUT2D eigenvalue weighted by molar-refractivity contribution is 0.305. The number of aryl methyl sites for hydroxylation is 1. The predicted octanol–water partition coefficient (Wildman–Crippen LogP) is 3.34. The van der Waals surface area contributed by atoms with Crippen molar-refractivity contribution in [1.29, 1.82) is 0 Å². The second-order valence-corrected chi connectivity index (χ2v) is 4.87. The number of rotatable bonds is 8. The van der Waals surface area contributed by atoms with Crippen molar-refractivity contribution < 1.29 is 4.74 Å². The fraction of sp³-hybridized carbons (Fsp3) is 0.353. The van der Waals surface area contributed by atoms with Gasteiger partial charge < -0.3 is 10.1 Å². The summed E-state index contributed by atoms with van der Waals surface area (Å²) in [6, 6.07) is 14.2. The maximum atomic E-state index is 5.71. The summed E-state index contributed by atoms with van der Waals surface area (Å²) in [5.41, 5.74) is 2.32. The summed E-state index contributed by atoms with van der Waals surface area (Å²) >= 11 is 0.